The van der Waals surface area contributed by atoms with E-state index >= 15 is 0 Å². The Morgan fingerprint density at radius 2 is 1.88 bits per heavy atom. The molecule has 1 aliphatic heterocycles. The Morgan fingerprint density at radius 3 is 2.62 bits per heavy atom. The molecule has 0 bridgehead atoms. The summed E-state index contributed by atoms with van der Waals surface area (Å²) in [5.41, 5.74) is 2.01. The van der Waals surface area contributed by atoms with Gasteiger partial charge in [-0.3, -0.25) is 9.52 Å². The van der Waals surface area contributed by atoms with Gasteiger partial charge in [0.25, 0.3) is 10.0 Å². The summed E-state index contributed by atoms with van der Waals surface area (Å²) < 4.78 is 34.0. The van der Waals surface area contributed by atoms with Gasteiger partial charge in [-0.15, -0.1) is 0 Å². The van der Waals surface area contributed by atoms with Crippen LogP contribution in [0.2, 0.25) is 5.02 Å². The van der Waals surface area contributed by atoms with Gasteiger partial charge in [0.2, 0.25) is 5.82 Å². The van der Waals surface area contributed by atoms with Crippen molar-refractivity contribution >= 4 is 33.2 Å². The minimum atomic E-state index is -3.91. The molecule has 0 aliphatic carbocycles. The number of rotatable bonds is 5. The number of benzene rings is 2. The molecular formula is C22H23ClN4O4S. The summed E-state index contributed by atoms with van der Waals surface area (Å²) in [4.78, 5) is 18.6. The van der Waals surface area contributed by atoms with Crippen molar-refractivity contribution in [1.29, 1.82) is 0 Å². The molecule has 168 valence electrons. The van der Waals surface area contributed by atoms with Gasteiger partial charge in [-0.05, 0) is 62.4 Å². The molecule has 0 atom stereocenters. The molecule has 2 aromatic carbocycles. The zero-order valence-electron chi connectivity index (χ0n) is 17.8. The van der Waals surface area contributed by atoms with Crippen molar-refractivity contribution in [3.05, 3.63) is 58.4 Å². The van der Waals surface area contributed by atoms with Crippen LogP contribution in [0, 0.1) is 13.8 Å². The number of carbonyl (C=O) groups is 1. The van der Waals surface area contributed by atoms with E-state index in [1.165, 1.54) is 6.07 Å². The maximum absolute atomic E-state index is 13.1. The van der Waals surface area contributed by atoms with Crippen molar-refractivity contribution in [3.63, 3.8) is 0 Å². The third-order valence-corrected chi connectivity index (χ3v) is 7.42. The number of carbonyl (C=O) groups excluding carboxylic acids is 1. The highest BCUT2D eigenvalue weighted by atomic mass is 35.5. The summed E-state index contributed by atoms with van der Waals surface area (Å²) in [7, 11) is -3.91. The highest BCUT2D eigenvalue weighted by molar-refractivity contribution is 7.92. The number of nitrogens with one attached hydrogen (secondary N) is 1. The fourth-order valence-corrected chi connectivity index (χ4v) is 5.18. The molecule has 3 aromatic rings. The van der Waals surface area contributed by atoms with Crippen LogP contribution in [0.1, 0.15) is 41.1 Å². The normalized spacial score (nSPS) is 14.4. The van der Waals surface area contributed by atoms with E-state index in [0.29, 0.717) is 40.5 Å². The molecule has 0 radical (unpaired) electrons. The lowest BCUT2D eigenvalue weighted by molar-refractivity contribution is 0.0674. The second-order valence-electron chi connectivity index (χ2n) is 7.77. The van der Waals surface area contributed by atoms with Gasteiger partial charge in [0.05, 0.1) is 10.6 Å². The first kappa shape index (κ1) is 22.3. The molecular weight excluding hydrogens is 452 g/mol. The zero-order chi connectivity index (χ0) is 22.9. The molecule has 1 aliphatic rings. The van der Waals surface area contributed by atoms with Crippen LogP contribution in [-0.2, 0) is 10.0 Å². The maximum Gasteiger partial charge on any atom is 0.316 e. The van der Waals surface area contributed by atoms with Crippen LogP contribution in [0.3, 0.4) is 0 Å². The van der Waals surface area contributed by atoms with E-state index in [2.05, 4.69) is 14.9 Å². The molecule has 32 heavy (non-hydrogen) atoms. The molecule has 8 nitrogen and oxygen atoms in total. The zero-order valence-corrected chi connectivity index (χ0v) is 19.3. The molecule has 0 saturated carbocycles. The molecule has 4 rings (SSSR count). The van der Waals surface area contributed by atoms with Gasteiger partial charge < -0.3 is 9.42 Å². The number of anilines is 1. The Kier molecular flexibility index (Phi) is 6.21. The minimum Gasteiger partial charge on any atom is -0.334 e. The van der Waals surface area contributed by atoms with Gasteiger partial charge in [0, 0.05) is 23.7 Å². The number of amides is 1. The third kappa shape index (κ3) is 4.49. The number of aryl methyl sites for hydroxylation is 1. The molecule has 0 spiro atoms. The van der Waals surface area contributed by atoms with Crippen LogP contribution in [0.4, 0.5) is 5.69 Å². The lowest BCUT2D eigenvalue weighted by atomic mass is 10.1. The Hall–Kier alpha value is -2.91. The van der Waals surface area contributed by atoms with Crippen LogP contribution < -0.4 is 4.72 Å². The number of hydrogen-bond acceptors (Lipinski definition) is 6. The number of aromatic nitrogens is 2. The van der Waals surface area contributed by atoms with E-state index in [1.54, 1.807) is 49.1 Å². The number of likely N-dealkylation sites (tertiary alicyclic amines) is 1. The average molecular weight is 475 g/mol. The van der Waals surface area contributed by atoms with Crippen LogP contribution >= 0.6 is 11.6 Å². The van der Waals surface area contributed by atoms with E-state index in [9.17, 15) is 13.2 Å². The molecule has 1 aromatic heterocycles. The minimum absolute atomic E-state index is 0.0723. The predicted octanol–water partition coefficient (Wildman–Crippen LogP) is 4.43. The molecule has 1 N–H and O–H groups in total. The van der Waals surface area contributed by atoms with Crippen molar-refractivity contribution in [3.8, 4) is 11.4 Å². The second kappa shape index (κ2) is 8.91. The number of hydrogen-bond donors (Lipinski definition) is 1. The highest BCUT2D eigenvalue weighted by Gasteiger charge is 2.25. The van der Waals surface area contributed by atoms with Crippen molar-refractivity contribution in [2.75, 3.05) is 17.8 Å². The molecule has 1 fully saturated rings. The summed E-state index contributed by atoms with van der Waals surface area (Å²) in [6, 6.07) is 9.85. The van der Waals surface area contributed by atoms with Crippen molar-refractivity contribution in [2.45, 2.75) is 38.0 Å². The van der Waals surface area contributed by atoms with Crippen LogP contribution in [0.25, 0.3) is 11.4 Å². The van der Waals surface area contributed by atoms with Gasteiger partial charge in [-0.2, -0.15) is 4.98 Å². The van der Waals surface area contributed by atoms with E-state index < -0.39 is 10.0 Å². The van der Waals surface area contributed by atoms with Gasteiger partial charge >= 0.3 is 11.8 Å². The number of sulfonamides is 1. The largest absolute Gasteiger partial charge is 0.334 e. The molecule has 1 saturated heterocycles. The first-order valence-electron chi connectivity index (χ1n) is 10.3. The number of piperidine rings is 1. The van der Waals surface area contributed by atoms with E-state index in [0.717, 1.165) is 19.3 Å². The van der Waals surface area contributed by atoms with Gasteiger partial charge in [-0.1, -0.05) is 35.0 Å². The lowest BCUT2D eigenvalue weighted by Gasteiger charge is -2.24. The maximum atomic E-state index is 13.1. The predicted molar refractivity (Wildman–Crippen MR) is 121 cm³/mol. The first-order chi connectivity index (χ1) is 15.3. The summed E-state index contributed by atoms with van der Waals surface area (Å²) in [5, 5.41) is 4.36. The van der Waals surface area contributed by atoms with Crippen molar-refractivity contribution in [1.82, 2.24) is 15.0 Å². The standard InChI is InChI=1S/C22H23ClN4O4S/c1-14-9-10-16(20-24-21(31-25-20)22(28)27-11-4-3-5-12-27)13-19(14)32(29,30)26-18-8-6-7-17(23)15(18)2/h6-10,13,26H,3-5,11-12H2,1-2H3. The second-order valence-corrected chi connectivity index (χ2v) is 9.83. The van der Waals surface area contributed by atoms with Crippen LogP contribution in [0.5, 0.6) is 0 Å². The number of nitrogens with zero attached hydrogens (tertiary/aromatic N) is 3. The molecule has 1 amide bonds. The molecule has 2 heterocycles. The van der Waals surface area contributed by atoms with E-state index in [4.69, 9.17) is 16.1 Å². The van der Waals surface area contributed by atoms with E-state index in [-0.39, 0.29) is 22.5 Å². The molecule has 0 unspecified atom stereocenters. The SMILES string of the molecule is Cc1ccc(-c2noc(C(=O)N3CCCCC3)n2)cc1S(=O)(=O)Nc1cccc(Cl)c1C. The van der Waals surface area contributed by atoms with Crippen molar-refractivity contribution in [2.24, 2.45) is 0 Å². The Bertz CT molecular complexity index is 1270. The van der Waals surface area contributed by atoms with Gasteiger partial charge in [0.15, 0.2) is 0 Å². The first-order valence-corrected chi connectivity index (χ1v) is 12.1. The average Bonchev–Trinajstić information content (AvgIpc) is 3.27. The Morgan fingerprint density at radius 1 is 1.12 bits per heavy atom. The summed E-state index contributed by atoms with van der Waals surface area (Å²) in [6.07, 6.45) is 3.00. The van der Waals surface area contributed by atoms with Gasteiger partial charge in [-0.25, -0.2) is 8.42 Å². The fourth-order valence-electron chi connectivity index (χ4n) is 3.61. The van der Waals surface area contributed by atoms with Crippen LogP contribution in [-0.4, -0.2) is 42.5 Å². The molecule has 10 heteroatoms. The fraction of sp³-hybridized carbons (Fsp3) is 0.318. The van der Waals surface area contributed by atoms with Crippen molar-refractivity contribution < 1.29 is 17.7 Å². The topological polar surface area (TPSA) is 105 Å². The summed E-state index contributed by atoms with van der Waals surface area (Å²) in [6.45, 7) is 4.77. The summed E-state index contributed by atoms with van der Waals surface area (Å²) in [5.74, 6) is -0.248. The Balaban J connectivity index is 1.62. The number of halogens is 1. The monoisotopic (exact) mass is 474 g/mol. The smallest absolute Gasteiger partial charge is 0.316 e. The highest BCUT2D eigenvalue weighted by Crippen LogP contribution is 2.28. The Labute approximate surface area is 191 Å². The lowest BCUT2D eigenvalue weighted by Crippen LogP contribution is -2.35. The van der Waals surface area contributed by atoms with Crippen LogP contribution in [0.15, 0.2) is 45.8 Å². The van der Waals surface area contributed by atoms with E-state index in [1.807, 2.05) is 0 Å². The van der Waals surface area contributed by atoms with Gasteiger partial charge in [0.1, 0.15) is 0 Å². The quantitative estimate of drug-likeness (QED) is 0.586. The summed E-state index contributed by atoms with van der Waals surface area (Å²) >= 11 is 6.12. The third-order valence-electron chi connectivity index (χ3n) is 5.50.